The third-order valence-corrected chi connectivity index (χ3v) is 7.43. The number of hydrogen-bond donors (Lipinski definition) is 0. The Hall–Kier alpha value is -3.16. The largest absolute Gasteiger partial charge is 0.0726 e. The van der Waals surface area contributed by atoms with Gasteiger partial charge in [0.25, 0.3) is 0 Å². The summed E-state index contributed by atoms with van der Waals surface area (Å²) in [4.78, 5) is 0. The van der Waals surface area contributed by atoms with Gasteiger partial charge < -0.3 is 0 Å². The minimum Gasteiger partial charge on any atom is -0.0619 e. The lowest BCUT2D eigenvalue weighted by molar-refractivity contribution is 0.794. The van der Waals surface area contributed by atoms with Gasteiger partial charge in [0.2, 0.25) is 0 Å². The number of hydrogen-bond acceptors (Lipinski definition) is 0. The molecule has 0 aromatic heterocycles. The van der Waals surface area contributed by atoms with Crippen LogP contribution in [0, 0.1) is 0 Å². The molecular formula is C29H17Br. The molecule has 140 valence electrons. The minimum atomic E-state index is -0.272. The zero-order valence-corrected chi connectivity index (χ0v) is 17.8. The van der Waals surface area contributed by atoms with Crippen molar-refractivity contribution in [3.63, 3.8) is 0 Å². The van der Waals surface area contributed by atoms with Crippen molar-refractivity contribution in [2.24, 2.45) is 0 Å². The highest BCUT2D eigenvalue weighted by Gasteiger charge is 2.51. The van der Waals surface area contributed by atoms with Crippen LogP contribution in [0.3, 0.4) is 0 Å². The van der Waals surface area contributed by atoms with Gasteiger partial charge >= 0.3 is 0 Å². The summed E-state index contributed by atoms with van der Waals surface area (Å²) in [6, 6.07) is 38.1. The molecular weight excluding hydrogens is 428 g/mol. The topological polar surface area (TPSA) is 0 Å². The predicted octanol–water partition coefficient (Wildman–Crippen LogP) is 7.95. The molecule has 0 aliphatic heterocycles. The van der Waals surface area contributed by atoms with Crippen LogP contribution in [0.5, 0.6) is 0 Å². The summed E-state index contributed by atoms with van der Waals surface area (Å²) in [6.07, 6.45) is 0. The van der Waals surface area contributed by atoms with Crippen LogP contribution >= 0.6 is 15.9 Å². The zero-order valence-electron chi connectivity index (χ0n) is 16.2. The average molecular weight is 445 g/mol. The lowest BCUT2D eigenvalue weighted by atomic mass is 9.70. The highest BCUT2D eigenvalue weighted by Crippen LogP contribution is 2.63. The van der Waals surface area contributed by atoms with Crippen LogP contribution in [0.4, 0.5) is 0 Å². The molecule has 1 atom stereocenters. The van der Waals surface area contributed by atoms with Crippen molar-refractivity contribution in [2.75, 3.05) is 0 Å². The van der Waals surface area contributed by atoms with Gasteiger partial charge in [-0.25, -0.2) is 0 Å². The fourth-order valence-electron chi connectivity index (χ4n) is 5.88. The first-order chi connectivity index (χ1) is 14.8. The monoisotopic (exact) mass is 444 g/mol. The van der Waals surface area contributed by atoms with E-state index in [1.165, 1.54) is 55.3 Å². The van der Waals surface area contributed by atoms with Crippen LogP contribution in [-0.2, 0) is 5.41 Å². The Morgan fingerprint density at radius 2 is 1.17 bits per heavy atom. The van der Waals surface area contributed by atoms with Gasteiger partial charge in [0, 0.05) is 4.47 Å². The van der Waals surface area contributed by atoms with Crippen LogP contribution in [0.1, 0.15) is 22.3 Å². The maximum atomic E-state index is 3.76. The highest BCUT2D eigenvalue weighted by molar-refractivity contribution is 9.10. The van der Waals surface area contributed by atoms with Crippen LogP contribution in [0.15, 0.2) is 108 Å². The molecule has 7 rings (SSSR count). The van der Waals surface area contributed by atoms with E-state index in [0.717, 1.165) is 4.47 Å². The molecule has 0 fully saturated rings. The predicted molar refractivity (Wildman–Crippen MR) is 128 cm³/mol. The molecule has 0 bridgehead atoms. The second kappa shape index (κ2) is 5.71. The number of fused-ring (bicyclic) bond motifs is 12. The molecule has 5 aromatic carbocycles. The quantitative estimate of drug-likeness (QED) is 0.222. The number of halogens is 1. The van der Waals surface area contributed by atoms with Crippen LogP contribution in [0.25, 0.3) is 33.0 Å². The summed E-state index contributed by atoms with van der Waals surface area (Å²) in [5.74, 6) is 0. The Labute approximate surface area is 184 Å². The highest BCUT2D eigenvalue weighted by atomic mass is 79.9. The Morgan fingerprint density at radius 1 is 0.500 bits per heavy atom. The van der Waals surface area contributed by atoms with E-state index >= 15 is 0 Å². The van der Waals surface area contributed by atoms with Gasteiger partial charge in [-0.1, -0.05) is 107 Å². The van der Waals surface area contributed by atoms with Crippen LogP contribution in [0.2, 0.25) is 0 Å². The van der Waals surface area contributed by atoms with Gasteiger partial charge in [0.15, 0.2) is 0 Å². The van der Waals surface area contributed by atoms with Crippen LogP contribution in [-0.4, -0.2) is 0 Å². The molecule has 0 saturated carbocycles. The molecule has 0 amide bonds. The van der Waals surface area contributed by atoms with Crippen molar-refractivity contribution in [2.45, 2.75) is 5.41 Å². The van der Waals surface area contributed by atoms with Gasteiger partial charge in [0.1, 0.15) is 0 Å². The summed E-state index contributed by atoms with van der Waals surface area (Å²) >= 11 is 3.76. The second-order valence-corrected chi connectivity index (χ2v) is 9.16. The molecule has 0 nitrogen and oxygen atoms in total. The first-order valence-electron chi connectivity index (χ1n) is 10.3. The number of rotatable bonds is 0. The van der Waals surface area contributed by atoms with Gasteiger partial charge in [0.05, 0.1) is 5.41 Å². The van der Waals surface area contributed by atoms with E-state index in [4.69, 9.17) is 0 Å². The van der Waals surface area contributed by atoms with E-state index in [-0.39, 0.29) is 5.41 Å². The Morgan fingerprint density at radius 3 is 2.03 bits per heavy atom. The summed E-state index contributed by atoms with van der Waals surface area (Å²) in [5.41, 5.74) is 10.7. The fraction of sp³-hybridized carbons (Fsp3) is 0.0345. The molecule has 2 aliphatic rings. The van der Waals surface area contributed by atoms with Crippen LogP contribution < -0.4 is 0 Å². The summed E-state index contributed by atoms with van der Waals surface area (Å²) in [7, 11) is 0. The molecule has 0 radical (unpaired) electrons. The Balaban J connectivity index is 1.75. The Kier molecular flexibility index (Phi) is 3.16. The van der Waals surface area contributed by atoms with E-state index in [1.807, 2.05) is 0 Å². The molecule has 0 heterocycles. The van der Waals surface area contributed by atoms with E-state index in [9.17, 15) is 0 Å². The Bertz CT molecular complexity index is 1510. The molecule has 0 N–H and O–H groups in total. The number of benzene rings is 5. The molecule has 5 aromatic rings. The molecule has 0 saturated heterocycles. The summed E-state index contributed by atoms with van der Waals surface area (Å²) in [6.45, 7) is 0. The van der Waals surface area contributed by atoms with E-state index < -0.39 is 0 Å². The SMILES string of the molecule is Brc1ccc2c(c1)C1(c3ccccc3-2)c2ccccc2-c2c1ccc1ccccc21. The fourth-order valence-corrected chi connectivity index (χ4v) is 6.24. The van der Waals surface area contributed by atoms with Crippen molar-refractivity contribution >= 4 is 26.7 Å². The standard InChI is InChI=1S/C29H17Br/c30-19-14-15-22-21-9-3-5-11-24(21)29(27(22)17-19)25-12-6-4-10-23(25)28-20-8-2-1-7-18(20)13-16-26(28)29/h1-17H. The first-order valence-corrected chi connectivity index (χ1v) is 11.1. The minimum absolute atomic E-state index is 0.272. The molecule has 1 spiro atoms. The second-order valence-electron chi connectivity index (χ2n) is 8.24. The molecule has 2 aliphatic carbocycles. The van der Waals surface area contributed by atoms with Crippen molar-refractivity contribution in [1.29, 1.82) is 0 Å². The van der Waals surface area contributed by atoms with Crippen molar-refractivity contribution in [1.82, 2.24) is 0 Å². The van der Waals surface area contributed by atoms with Gasteiger partial charge in [-0.15, -0.1) is 0 Å². The van der Waals surface area contributed by atoms with Gasteiger partial charge in [-0.05, 0) is 67.4 Å². The first kappa shape index (κ1) is 16.6. The van der Waals surface area contributed by atoms with Gasteiger partial charge in [-0.2, -0.15) is 0 Å². The smallest absolute Gasteiger partial charge is 0.0619 e. The van der Waals surface area contributed by atoms with Crippen molar-refractivity contribution < 1.29 is 0 Å². The van der Waals surface area contributed by atoms with Crippen molar-refractivity contribution in [3.8, 4) is 22.3 Å². The zero-order chi connectivity index (χ0) is 19.9. The lowest BCUT2D eigenvalue weighted by Crippen LogP contribution is -2.25. The van der Waals surface area contributed by atoms with Gasteiger partial charge in [-0.3, -0.25) is 0 Å². The summed E-state index contributed by atoms with van der Waals surface area (Å²) < 4.78 is 1.13. The molecule has 30 heavy (non-hydrogen) atoms. The third kappa shape index (κ3) is 1.83. The molecule has 1 heteroatoms. The molecule has 1 unspecified atom stereocenters. The average Bonchev–Trinajstić information content (AvgIpc) is 3.26. The van der Waals surface area contributed by atoms with E-state index in [0.29, 0.717) is 0 Å². The maximum absolute atomic E-state index is 3.76. The normalized spacial score (nSPS) is 17.6. The van der Waals surface area contributed by atoms with E-state index in [2.05, 4.69) is 119 Å². The maximum Gasteiger partial charge on any atom is 0.0726 e. The lowest BCUT2D eigenvalue weighted by Gasteiger charge is -2.30. The van der Waals surface area contributed by atoms with Crippen molar-refractivity contribution in [3.05, 3.63) is 130 Å². The van der Waals surface area contributed by atoms with E-state index in [1.54, 1.807) is 0 Å². The third-order valence-electron chi connectivity index (χ3n) is 6.94. The summed E-state index contributed by atoms with van der Waals surface area (Å²) in [5, 5.41) is 2.63.